The fourth-order valence-corrected chi connectivity index (χ4v) is 6.39. The molecule has 2 unspecified atom stereocenters. The van der Waals surface area contributed by atoms with Crippen LogP contribution in [0, 0.1) is 11.8 Å². The lowest BCUT2D eigenvalue weighted by Gasteiger charge is -2.34. The fraction of sp³-hybridized carbons (Fsp3) is 0.304. The van der Waals surface area contributed by atoms with Gasteiger partial charge < -0.3 is 5.11 Å². The Morgan fingerprint density at radius 3 is 2.66 bits per heavy atom. The number of hydrogen-bond acceptors (Lipinski definition) is 7. The summed E-state index contributed by atoms with van der Waals surface area (Å²) in [6, 6.07) is 13.7. The van der Waals surface area contributed by atoms with Crippen LogP contribution in [-0.2, 0) is 10.0 Å². The van der Waals surface area contributed by atoms with Crippen molar-refractivity contribution < 1.29 is 13.5 Å². The average molecular weight is 471 g/mol. The summed E-state index contributed by atoms with van der Waals surface area (Å²) in [4.78, 5) is 4.82. The van der Waals surface area contributed by atoms with Gasteiger partial charge in [0.05, 0.1) is 16.8 Å². The molecule has 3 aromatic rings. The molecular weight excluding hydrogens is 444 g/mol. The molecule has 9 heteroatoms. The first kappa shape index (κ1) is 22.4. The molecule has 1 aliphatic rings. The fourth-order valence-electron chi connectivity index (χ4n) is 3.99. The van der Waals surface area contributed by atoms with Crippen molar-refractivity contribution >= 4 is 32.7 Å². The van der Waals surface area contributed by atoms with E-state index in [1.54, 1.807) is 46.9 Å². The first-order valence-electron chi connectivity index (χ1n) is 10.5. The predicted octanol–water partition coefficient (Wildman–Crippen LogP) is 4.63. The third-order valence-corrected chi connectivity index (χ3v) is 7.93. The quantitative estimate of drug-likeness (QED) is 0.405. The molecule has 1 aliphatic heterocycles. The predicted molar refractivity (Wildman–Crippen MR) is 129 cm³/mol. The number of hydrogen-bond donors (Lipinski definition) is 2. The first-order chi connectivity index (χ1) is 15.3. The number of sulfonamides is 1. The van der Waals surface area contributed by atoms with Gasteiger partial charge in [0, 0.05) is 24.0 Å². The van der Waals surface area contributed by atoms with Crippen LogP contribution >= 0.6 is 11.3 Å². The van der Waals surface area contributed by atoms with E-state index < -0.39 is 10.0 Å². The molecule has 2 N–H and O–H groups in total. The summed E-state index contributed by atoms with van der Waals surface area (Å²) in [5.74, 6) is 0.877. The van der Waals surface area contributed by atoms with Crippen LogP contribution in [0.1, 0.15) is 25.8 Å². The number of aromatic nitrogens is 1. The molecule has 0 spiro atoms. The van der Waals surface area contributed by atoms with Gasteiger partial charge in [-0.3, -0.25) is 5.43 Å². The van der Waals surface area contributed by atoms with Crippen LogP contribution in [0.5, 0.6) is 5.75 Å². The van der Waals surface area contributed by atoms with Crippen molar-refractivity contribution in [2.24, 2.45) is 16.9 Å². The van der Waals surface area contributed by atoms with E-state index in [2.05, 4.69) is 29.4 Å². The van der Waals surface area contributed by atoms with Crippen LogP contribution in [0.2, 0.25) is 0 Å². The Morgan fingerprint density at radius 2 is 1.91 bits per heavy atom. The molecule has 0 amide bonds. The van der Waals surface area contributed by atoms with E-state index in [4.69, 9.17) is 0 Å². The smallest absolute Gasteiger partial charge is 0.243 e. The molecule has 2 heterocycles. The molecule has 32 heavy (non-hydrogen) atoms. The van der Waals surface area contributed by atoms with Crippen molar-refractivity contribution in [1.82, 2.24) is 9.29 Å². The number of phenols is 1. The van der Waals surface area contributed by atoms with E-state index in [1.807, 2.05) is 17.5 Å². The molecule has 2 atom stereocenters. The first-order valence-corrected chi connectivity index (χ1v) is 12.8. The van der Waals surface area contributed by atoms with Crippen molar-refractivity contribution in [3.05, 3.63) is 59.5 Å². The number of thiazole rings is 1. The second-order valence-electron chi connectivity index (χ2n) is 8.30. The molecule has 7 nitrogen and oxygen atoms in total. The van der Waals surface area contributed by atoms with Gasteiger partial charge in [-0.1, -0.05) is 38.1 Å². The minimum atomic E-state index is -3.55. The van der Waals surface area contributed by atoms with Crippen LogP contribution in [0.25, 0.3) is 11.3 Å². The van der Waals surface area contributed by atoms with Crippen molar-refractivity contribution in [3.8, 4) is 17.0 Å². The number of benzene rings is 2. The summed E-state index contributed by atoms with van der Waals surface area (Å²) < 4.78 is 28.1. The lowest BCUT2D eigenvalue weighted by molar-refractivity contribution is 0.222. The summed E-state index contributed by atoms with van der Waals surface area (Å²) in [6.07, 6.45) is 2.64. The van der Waals surface area contributed by atoms with E-state index in [0.717, 1.165) is 17.5 Å². The minimum absolute atomic E-state index is 0.175. The third kappa shape index (κ3) is 5.17. The average Bonchev–Trinajstić information content (AvgIpc) is 3.22. The number of nitrogens with one attached hydrogen (secondary N) is 1. The summed E-state index contributed by atoms with van der Waals surface area (Å²) in [5.41, 5.74) is 5.06. The molecule has 4 rings (SSSR count). The molecular formula is C23H26N4O3S2. The highest BCUT2D eigenvalue weighted by Gasteiger charge is 2.31. The molecule has 0 saturated carbocycles. The van der Waals surface area contributed by atoms with Crippen molar-refractivity contribution in [3.63, 3.8) is 0 Å². The van der Waals surface area contributed by atoms with Crippen LogP contribution < -0.4 is 5.43 Å². The maximum absolute atomic E-state index is 13.2. The molecule has 1 fully saturated rings. The summed E-state index contributed by atoms with van der Waals surface area (Å²) >= 11 is 1.38. The maximum Gasteiger partial charge on any atom is 0.243 e. The van der Waals surface area contributed by atoms with E-state index in [0.29, 0.717) is 40.6 Å². The Hall–Kier alpha value is -2.75. The van der Waals surface area contributed by atoms with Crippen molar-refractivity contribution in [2.75, 3.05) is 18.5 Å². The highest BCUT2D eigenvalue weighted by Crippen LogP contribution is 2.30. The zero-order valence-corrected chi connectivity index (χ0v) is 19.6. The van der Waals surface area contributed by atoms with Gasteiger partial charge in [-0.15, -0.1) is 11.3 Å². The molecule has 168 valence electrons. The lowest BCUT2D eigenvalue weighted by atomic mass is 9.94. The van der Waals surface area contributed by atoms with E-state index in [9.17, 15) is 13.5 Å². The number of anilines is 1. The van der Waals surface area contributed by atoms with E-state index in [-0.39, 0.29) is 5.75 Å². The van der Waals surface area contributed by atoms with Gasteiger partial charge in [-0.25, -0.2) is 13.4 Å². The van der Waals surface area contributed by atoms with Crippen molar-refractivity contribution in [2.45, 2.75) is 25.2 Å². The van der Waals surface area contributed by atoms with Gasteiger partial charge in [0.15, 0.2) is 0 Å². The van der Waals surface area contributed by atoms with E-state index >= 15 is 0 Å². The van der Waals surface area contributed by atoms with Crippen LogP contribution in [0.3, 0.4) is 0 Å². The number of nitrogens with zero attached hydrogens (tertiary/aromatic N) is 3. The second-order valence-corrected chi connectivity index (χ2v) is 11.1. The van der Waals surface area contributed by atoms with Crippen LogP contribution in [-0.4, -0.2) is 42.1 Å². The molecule has 0 bridgehead atoms. The highest BCUT2D eigenvalue weighted by molar-refractivity contribution is 7.89. The minimum Gasteiger partial charge on any atom is -0.508 e. The Kier molecular flexibility index (Phi) is 6.59. The highest BCUT2D eigenvalue weighted by atomic mass is 32.2. The Labute approximate surface area is 192 Å². The Bertz CT molecular complexity index is 1210. The number of phenolic OH excluding ortho intramolecular Hbond substituents is 1. The van der Waals surface area contributed by atoms with Gasteiger partial charge in [0.1, 0.15) is 5.75 Å². The third-order valence-electron chi connectivity index (χ3n) is 5.35. The summed E-state index contributed by atoms with van der Waals surface area (Å²) in [6.45, 7) is 5.31. The summed E-state index contributed by atoms with van der Waals surface area (Å²) in [5, 5.41) is 16.1. The van der Waals surface area contributed by atoms with Gasteiger partial charge >= 0.3 is 0 Å². The van der Waals surface area contributed by atoms with Crippen LogP contribution in [0.4, 0.5) is 5.13 Å². The number of rotatable bonds is 6. The maximum atomic E-state index is 13.2. The van der Waals surface area contributed by atoms with Crippen LogP contribution in [0.15, 0.2) is 63.9 Å². The van der Waals surface area contributed by atoms with Gasteiger partial charge in [-0.2, -0.15) is 9.41 Å². The largest absolute Gasteiger partial charge is 0.508 e. The molecule has 0 radical (unpaired) electrons. The molecule has 0 aliphatic carbocycles. The van der Waals surface area contributed by atoms with Gasteiger partial charge in [0.2, 0.25) is 15.2 Å². The molecule has 1 aromatic heterocycles. The number of piperidine rings is 1. The molecule has 1 saturated heterocycles. The zero-order chi connectivity index (χ0) is 22.7. The van der Waals surface area contributed by atoms with E-state index in [1.165, 1.54) is 11.3 Å². The number of aromatic hydroxyl groups is 1. The Morgan fingerprint density at radius 1 is 1.16 bits per heavy atom. The monoisotopic (exact) mass is 470 g/mol. The topological polar surface area (TPSA) is 94.9 Å². The van der Waals surface area contributed by atoms with Gasteiger partial charge in [0.25, 0.3) is 0 Å². The van der Waals surface area contributed by atoms with Gasteiger partial charge in [-0.05, 0) is 48.1 Å². The SMILES string of the molecule is CC1CC(C)CN(S(=O)(=O)c2cccc(-c3csc(NN=Cc4cccc(O)c4)n3)c2)C1. The Balaban J connectivity index is 1.50. The second kappa shape index (κ2) is 9.40. The molecule has 2 aromatic carbocycles. The standard InChI is InChI=1S/C23H26N4O3S2/c1-16-9-17(2)14-27(13-16)32(29,30)21-8-4-6-19(11-21)22-15-31-23(25-22)26-24-12-18-5-3-7-20(28)10-18/h3-8,10-12,15-17,28H,9,13-14H2,1-2H3,(H,25,26). The summed E-state index contributed by atoms with van der Waals surface area (Å²) in [7, 11) is -3.55. The lowest BCUT2D eigenvalue weighted by Crippen LogP contribution is -2.42. The zero-order valence-electron chi connectivity index (χ0n) is 18.0. The number of hydrazone groups is 1. The van der Waals surface area contributed by atoms with Crippen molar-refractivity contribution in [1.29, 1.82) is 0 Å². The normalized spacial score (nSPS) is 19.9.